The van der Waals surface area contributed by atoms with E-state index in [4.69, 9.17) is 0 Å². The molecule has 3 nitrogen and oxygen atoms in total. The van der Waals surface area contributed by atoms with E-state index in [0.717, 1.165) is 16.7 Å². The van der Waals surface area contributed by atoms with Crippen molar-refractivity contribution in [2.24, 2.45) is 0 Å². The minimum absolute atomic E-state index is 0.117. The summed E-state index contributed by atoms with van der Waals surface area (Å²) in [6.07, 6.45) is 1.31. The molecule has 0 atom stereocenters. The van der Waals surface area contributed by atoms with Gasteiger partial charge in [0.2, 0.25) is 0 Å². The molecule has 1 fully saturated rings. The van der Waals surface area contributed by atoms with Crippen molar-refractivity contribution in [2.45, 2.75) is 60.0 Å². The highest BCUT2D eigenvalue weighted by Gasteiger charge is 2.31. The Hall–Kier alpha value is -1.35. The predicted molar refractivity (Wildman–Crippen MR) is 85.9 cm³/mol. The third kappa shape index (κ3) is 2.84. The molecule has 116 valence electrons. The summed E-state index contributed by atoms with van der Waals surface area (Å²) in [4.78, 5) is 14.8. The maximum Gasteiger partial charge on any atom is 0.254 e. The van der Waals surface area contributed by atoms with E-state index < -0.39 is 5.60 Å². The topological polar surface area (TPSA) is 40.5 Å². The Labute approximate surface area is 128 Å². The summed E-state index contributed by atoms with van der Waals surface area (Å²) in [5.41, 5.74) is 6.13. The van der Waals surface area contributed by atoms with Crippen LogP contribution in [0.25, 0.3) is 0 Å². The van der Waals surface area contributed by atoms with Gasteiger partial charge in [0, 0.05) is 18.7 Å². The van der Waals surface area contributed by atoms with Crippen molar-refractivity contribution in [3.05, 3.63) is 33.4 Å². The smallest absolute Gasteiger partial charge is 0.254 e. The van der Waals surface area contributed by atoms with Gasteiger partial charge >= 0.3 is 0 Å². The van der Waals surface area contributed by atoms with Gasteiger partial charge in [0.05, 0.1) is 5.60 Å². The number of nitrogens with zero attached hydrogens (tertiary/aromatic N) is 1. The number of carbonyl (C=O) groups is 1. The molecule has 1 amide bonds. The lowest BCUT2D eigenvalue weighted by Gasteiger charge is -2.36. The Morgan fingerprint density at radius 2 is 1.29 bits per heavy atom. The van der Waals surface area contributed by atoms with Gasteiger partial charge in [-0.15, -0.1) is 0 Å². The van der Waals surface area contributed by atoms with Crippen molar-refractivity contribution in [1.29, 1.82) is 0 Å². The fourth-order valence-electron chi connectivity index (χ4n) is 3.17. The standard InChI is InChI=1S/C18H27NO2/c1-11-12(2)14(4)16(15(5)13(11)3)17(20)19-9-7-18(6,21)8-10-19/h21H,7-10H2,1-6H3. The van der Waals surface area contributed by atoms with Gasteiger partial charge in [0.25, 0.3) is 5.91 Å². The molecule has 0 bridgehead atoms. The quantitative estimate of drug-likeness (QED) is 0.862. The van der Waals surface area contributed by atoms with Crippen molar-refractivity contribution in [1.82, 2.24) is 4.90 Å². The lowest BCUT2D eigenvalue weighted by atomic mass is 9.88. The largest absolute Gasteiger partial charge is 0.390 e. The van der Waals surface area contributed by atoms with Gasteiger partial charge in [-0.1, -0.05) is 0 Å². The second-order valence-corrected chi connectivity index (χ2v) is 6.79. The van der Waals surface area contributed by atoms with E-state index in [9.17, 15) is 9.90 Å². The van der Waals surface area contributed by atoms with Gasteiger partial charge in [0.15, 0.2) is 0 Å². The van der Waals surface area contributed by atoms with Gasteiger partial charge in [0.1, 0.15) is 0 Å². The monoisotopic (exact) mass is 289 g/mol. The van der Waals surface area contributed by atoms with Gasteiger partial charge in [-0.05, 0) is 82.2 Å². The van der Waals surface area contributed by atoms with Crippen LogP contribution in [0.1, 0.15) is 57.9 Å². The Morgan fingerprint density at radius 3 is 1.71 bits per heavy atom. The van der Waals surface area contributed by atoms with Crippen molar-refractivity contribution in [2.75, 3.05) is 13.1 Å². The molecule has 0 spiro atoms. The lowest BCUT2D eigenvalue weighted by Crippen LogP contribution is -2.45. The number of aliphatic hydroxyl groups is 1. The molecule has 21 heavy (non-hydrogen) atoms. The minimum Gasteiger partial charge on any atom is -0.390 e. The Balaban J connectivity index is 2.37. The molecule has 1 N–H and O–H groups in total. The number of hydrogen-bond acceptors (Lipinski definition) is 2. The van der Waals surface area contributed by atoms with Crippen molar-refractivity contribution >= 4 is 5.91 Å². The van der Waals surface area contributed by atoms with Gasteiger partial charge < -0.3 is 10.0 Å². The SMILES string of the molecule is Cc1c(C)c(C)c(C(=O)N2CCC(C)(O)CC2)c(C)c1C. The summed E-state index contributed by atoms with van der Waals surface area (Å²) in [7, 11) is 0. The normalized spacial score (nSPS) is 18.0. The molecule has 2 rings (SSSR count). The summed E-state index contributed by atoms with van der Waals surface area (Å²) in [6, 6.07) is 0. The molecule has 1 aromatic carbocycles. The molecular formula is C18H27NO2. The zero-order valence-corrected chi connectivity index (χ0v) is 14.1. The maximum absolute atomic E-state index is 12.9. The van der Waals surface area contributed by atoms with Crippen LogP contribution in [-0.4, -0.2) is 34.6 Å². The average Bonchev–Trinajstić information content (AvgIpc) is 2.43. The lowest BCUT2D eigenvalue weighted by molar-refractivity contribution is -0.00206. The first kappa shape index (κ1) is 16.0. The molecule has 0 saturated carbocycles. The van der Waals surface area contributed by atoms with Crippen molar-refractivity contribution in [3.63, 3.8) is 0 Å². The number of amides is 1. The van der Waals surface area contributed by atoms with Crippen LogP contribution in [0.3, 0.4) is 0 Å². The second-order valence-electron chi connectivity index (χ2n) is 6.79. The molecule has 0 aliphatic carbocycles. The summed E-state index contributed by atoms with van der Waals surface area (Å²) >= 11 is 0. The Morgan fingerprint density at radius 1 is 0.905 bits per heavy atom. The zero-order valence-electron chi connectivity index (χ0n) is 14.1. The third-order valence-electron chi connectivity index (χ3n) is 5.34. The average molecular weight is 289 g/mol. The van der Waals surface area contributed by atoms with E-state index in [1.54, 1.807) is 0 Å². The van der Waals surface area contributed by atoms with E-state index >= 15 is 0 Å². The van der Waals surface area contributed by atoms with E-state index in [1.165, 1.54) is 16.7 Å². The zero-order chi connectivity index (χ0) is 15.9. The maximum atomic E-state index is 12.9. The van der Waals surface area contributed by atoms with Crippen molar-refractivity contribution < 1.29 is 9.90 Å². The Kier molecular flexibility index (Phi) is 4.16. The van der Waals surface area contributed by atoms with Crippen LogP contribution < -0.4 is 0 Å². The van der Waals surface area contributed by atoms with Gasteiger partial charge in [-0.3, -0.25) is 4.79 Å². The molecule has 1 heterocycles. The van der Waals surface area contributed by atoms with Crippen LogP contribution in [0.5, 0.6) is 0 Å². The van der Waals surface area contributed by atoms with E-state index in [-0.39, 0.29) is 5.91 Å². The van der Waals surface area contributed by atoms with Crippen molar-refractivity contribution in [3.8, 4) is 0 Å². The second kappa shape index (κ2) is 5.45. The number of piperidine rings is 1. The molecule has 1 aliphatic rings. The first-order valence-electron chi connectivity index (χ1n) is 7.74. The summed E-state index contributed by atoms with van der Waals surface area (Å²) in [5, 5.41) is 10.0. The molecule has 1 saturated heterocycles. The van der Waals surface area contributed by atoms with Gasteiger partial charge in [-0.2, -0.15) is 0 Å². The molecule has 0 aromatic heterocycles. The number of carbonyl (C=O) groups excluding carboxylic acids is 1. The minimum atomic E-state index is -0.625. The molecule has 0 radical (unpaired) electrons. The number of benzene rings is 1. The summed E-state index contributed by atoms with van der Waals surface area (Å²) < 4.78 is 0. The molecule has 0 unspecified atom stereocenters. The van der Waals surface area contributed by atoms with Crippen LogP contribution in [0.2, 0.25) is 0 Å². The van der Waals surface area contributed by atoms with Crippen LogP contribution in [0.4, 0.5) is 0 Å². The van der Waals surface area contributed by atoms with E-state index in [0.29, 0.717) is 25.9 Å². The number of likely N-dealkylation sites (tertiary alicyclic amines) is 1. The first-order valence-corrected chi connectivity index (χ1v) is 7.74. The number of hydrogen-bond donors (Lipinski definition) is 1. The van der Waals surface area contributed by atoms with Crippen LogP contribution >= 0.6 is 0 Å². The highest BCUT2D eigenvalue weighted by Crippen LogP contribution is 2.29. The highest BCUT2D eigenvalue weighted by molar-refractivity contribution is 5.98. The Bertz CT molecular complexity index is 548. The van der Waals surface area contributed by atoms with Gasteiger partial charge in [-0.25, -0.2) is 0 Å². The molecule has 3 heteroatoms. The predicted octanol–water partition coefficient (Wildman–Crippen LogP) is 3.22. The van der Waals surface area contributed by atoms with Crippen LogP contribution in [0, 0.1) is 34.6 Å². The molecule has 1 aromatic rings. The van der Waals surface area contributed by atoms with Crippen LogP contribution in [-0.2, 0) is 0 Å². The fraction of sp³-hybridized carbons (Fsp3) is 0.611. The first-order chi connectivity index (χ1) is 9.65. The molecular weight excluding hydrogens is 262 g/mol. The fourth-order valence-corrected chi connectivity index (χ4v) is 3.17. The summed E-state index contributed by atoms with van der Waals surface area (Å²) in [5.74, 6) is 0.117. The number of rotatable bonds is 1. The van der Waals surface area contributed by atoms with E-state index in [1.807, 2.05) is 25.7 Å². The van der Waals surface area contributed by atoms with E-state index in [2.05, 4.69) is 20.8 Å². The third-order valence-corrected chi connectivity index (χ3v) is 5.34. The summed E-state index contributed by atoms with van der Waals surface area (Å²) in [6.45, 7) is 13.5. The highest BCUT2D eigenvalue weighted by atomic mass is 16.3. The molecule has 1 aliphatic heterocycles. The van der Waals surface area contributed by atoms with Crippen LogP contribution in [0.15, 0.2) is 0 Å².